The first-order chi connectivity index (χ1) is 5.86. The second-order valence-corrected chi connectivity index (χ2v) is 2.41. The van der Waals surface area contributed by atoms with Crippen molar-refractivity contribution in [3.05, 3.63) is 36.5 Å². The third kappa shape index (κ3) is 1.18. The molecule has 0 aliphatic rings. The molecule has 2 heterocycles. The van der Waals surface area contributed by atoms with Crippen LogP contribution in [-0.2, 0) is 0 Å². The first kappa shape index (κ1) is 6.97. The summed E-state index contributed by atoms with van der Waals surface area (Å²) in [6, 6.07) is 1.92. The lowest BCUT2D eigenvalue weighted by molar-refractivity contribution is 0.823. The highest BCUT2D eigenvalue weighted by Crippen LogP contribution is 2.00. The van der Waals surface area contributed by atoms with Crippen molar-refractivity contribution < 1.29 is 0 Å². The summed E-state index contributed by atoms with van der Waals surface area (Å²) in [6.07, 6.45) is 7.59. The van der Waals surface area contributed by atoms with Crippen molar-refractivity contribution in [1.82, 2.24) is 19.7 Å². The second kappa shape index (κ2) is 2.73. The third-order valence-corrected chi connectivity index (χ3v) is 1.47. The summed E-state index contributed by atoms with van der Waals surface area (Å²) in [5.74, 6) is 0.710. The Kier molecular flexibility index (Phi) is 1.59. The number of hydrogen-bond acceptors (Lipinski definition) is 3. The minimum atomic E-state index is 0.710. The van der Waals surface area contributed by atoms with E-state index >= 15 is 0 Å². The first-order valence-corrected chi connectivity index (χ1v) is 3.57. The molecule has 0 saturated heterocycles. The lowest BCUT2D eigenvalue weighted by Gasteiger charge is -1.96. The fraction of sp³-hybridized carbons (Fsp3) is 0.125. The van der Waals surface area contributed by atoms with E-state index in [-0.39, 0.29) is 0 Å². The lowest BCUT2D eigenvalue weighted by atomic mass is 10.5. The topological polar surface area (TPSA) is 43.6 Å². The van der Waals surface area contributed by atoms with E-state index in [0.29, 0.717) is 5.82 Å². The highest BCUT2D eigenvalue weighted by molar-refractivity contribution is 5.16. The zero-order chi connectivity index (χ0) is 8.39. The van der Waals surface area contributed by atoms with Crippen LogP contribution in [0.2, 0.25) is 0 Å². The minimum Gasteiger partial charge on any atom is -0.249 e. The maximum Gasteiger partial charge on any atom is 0.171 e. The normalized spacial score (nSPS) is 10.1. The molecule has 0 saturated carbocycles. The fourth-order valence-corrected chi connectivity index (χ4v) is 0.918. The molecule has 12 heavy (non-hydrogen) atoms. The van der Waals surface area contributed by atoms with Crippen LogP contribution < -0.4 is 0 Å². The SMILES string of the molecule is Cc1ccn(-c2cn[c]cn2)n1. The first-order valence-electron chi connectivity index (χ1n) is 3.57. The average molecular weight is 159 g/mol. The van der Waals surface area contributed by atoms with Gasteiger partial charge >= 0.3 is 0 Å². The summed E-state index contributed by atoms with van der Waals surface area (Å²) in [6.45, 7) is 1.93. The van der Waals surface area contributed by atoms with Crippen LogP contribution >= 0.6 is 0 Å². The van der Waals surface area contributed by atoms with Crippen molar-refractivity contribution in [2.24, 2.45) is 0 Å². The summed E-state index contributed by atoms with van der Waals surface area (Å²) in [7, 11) is 0. The zero-order valence-corrected chi connectivity index (χ0v) is 6.60. The van der Waals surface area contributed by atoms with Crippen LogP contribution in [0.15, 0.2) is 24.7 Å². The summed E-state index contributed by atoms with van der Waals surface area (Å²) in [5, 5.41) is 4.18. The molecular formula is C8H7N4. The molecule has 1 radical (unpaired) electrons. The fourth-order valence-electron chi connectivity index (χ4n) is 0.918. The molecule has 0 unspecified atom stereocenters. The van der Waals surface area contributed by atoms with Gasteiger partial charge in [-0.15, -0.1) is 0 Å². The highest BCUT2D eigenvalue weighted by Gasteiger charge is 1.97. The Morgan fingerprint density at radius 1 is 1.50 bits per heavy atom. The van der Waals surface area contributed by atoms with E-state index in [4.69, 9.17) is 0 Å². The summed E-state index contributed by atoms with van der Waals surface area (Å²) in [5.41, 5.74) is 0.963. The Hall–Kier alpha value is -1.71. The molecule has 0 fully saturated rings. The Balaban J connectivity index is 2.45. The number of hydrogen-bond donors (Lipinski definition) is 0. The lowest BCUT2D eigenvalue weighted by Crippen LogP contribution is -1.98. The molecule has 0 spiro atoms. The number of rotatable bonds is 1. The second-order valence-electron chi connectivity index (χ2n) is 2.41. The van der Waals surface area contributed by atoms with E-state index in [1.807, 2.05) is 19.2 Å². The van der Waals surface area contributed by atoms with Gasteiger partial charge in [-0.1, -0.05) is 0 Å². The van der Waals surface area contributed by atoms with Gasteiger partial charge in [0.25, 0.3) is 0 Å². The highest BCUT2D eigenvalue weighted by atomic mass is 15.3. The van der Waals surface area contributed by atoms with Crippen LogP contribution in [0.5, 0.6) is 0 Å². The van der Waals surface area contributed by atoms with Gasteiger partial charge in [-0.05, 0) is 13.0 Å². The van der Waals surface area contributed by atoms with E-state index in [1.54, 1.807) is 10.9 Å². The van der Waals surface area contributed by atoms with Crippen molar-refractivity contribution in [3.63, 3.8) is 0 Å². The molecule has 4 nitrogen and oxygen atoms in total. The van der Waals surface area contributed by atoms with Gasteiger partial charge in [-0.3, -0.25) is 0 Å². The Bertz CT molecular complexity index is 366. The standard InChI is InChI=1S/C8H7N4/c1-7-2-5-12(11-7)8-6-9-3-4-10-8/h2,4-6H,1H3. The van der Waals surface area contributed by atoms with Gasteiger partial charge in [0.05, 0.1) is 18.1 Å². The van der Waals surface area contributed by atoms with Gasteiger partial charge in [-0.2, -0.15) is 5.10 Å². The quantitative estimate of drug-likeness (QED) is 0.617. The summed E-state index contributed by atoms with van der Waals surface area (Å²) >= 11 is 0. The van der Waals surface area contributed by atoms with Crippen molar-refractivity contribution in [2.45, 2.75) is 6.92 Å². The van der Waals surface area contributed by atoms with Crippen LogP contribution in [-0.4, -0.2) is 19.7 Å². The van der Waals surface area contributed by atoms with Crippen molar-refractivity contribution in [3.8, 4) is 5.82 Å². The molecule has 0 aliphatic heterocycles. The molecule has 0 aliphatic carbocycles. The van der Waals surface area contributed by atoms with Crippen LogP contribution in [0.3, 0.4) is 0 Å². The van der Waals surface area contributed by atoms with Crippen LogP contribution in [0.1, 0.15) is 5.69 Å². The van der Waals surface area contributed by atoms with Gasteiger partial charge in [0.2, 0.25) is 0 Å². The third-order valence-electron chi connectivity index (χ3n) is 1.47. The van der Waals surface area contributed by atoms with Gasteiger partial charge in [0, 0.05) is 6.20 Å². The van der Waals surface area contributed by atoms with Gasteiger partial charge in [0.1, 0.15) is 6.20 Å². The number of aromatic nitrogens is 4. The predicted molar refractivity (Wildman–Crippen MR) is 42.7 cm³/mol. The molecule has 0 bridgehead atoms. The van der Waals surface area contributed by atoms with Crippen molar-refractivity contribution in [1.29, 1.82) is 0 Å². The average Bonchev–Trinajstić information content (AvgIpc) is 2.54. The zero-order valence-electron chi connectivity index (χ0n) is 6.60. The largest absolute Gasteiger partial charge is 0.249 e. The van der Waals surface area contributed by atoms with Gasteiger partial charge < -0.3 is 0 Å². The minimum absolute atomic E-state index is 0.710. The van der Waals surface area contributed by atoms with Crippen molar-refractivity contribution >= 4 is 0 Å². The van der Waals surface area contributed by atoms with E-state index in [1.165, 1.54) is 6.20 Å². The van der Waals surface area contributed by atoms with Crippen LogP contribution in [0, 0.1) is 13.1 Å². The Morgan fingerprint density at radius 3 is 3.00 bits per heavy atom. The monoisotopic (exact) mass is 159 g/mol. The molecule has 0 N–H and O–H groups in total. The smallest absolute Gasteiger partial charge is 0.171 e. The maximum atomic E-state index is 4.18. The Labute approximate surface area is 69.9 Å². The molecular weight excluding hydrogens is 152 g/mol. The molecule has 2 rings (SSSR count). The Morgan fingerprint density at radius 2 is 2.42 bits per heavy atom. The van der Waals surface area contributed by atoms with E-state index in [2.05, 4.69) is 21.3 Å². The molecule has 59 valence electrons. The molecule has 2 aromatic heterocycles. The predicted octanol–water partition coefficient (Wildman–Crippen LogP) is 0.771. The molecule has 0 amide bonds. The molecule has 0 aromatic carbocycles. The van der Waals surface area contributed by atoms with Crippen LogP contribution in [0.25, 0.3) is 5.82 Å². The summed E-state index contributed by atoms with van der Waals surface area (Å²) in [4.78, 5) is 7.87. The molecule has 0 atom stereocenters. The van der Waals surface area contributed by atoms with E-state index in [0.717, 1.165) is 5.69 Å². The maximum absolute atomic E-state index is 4.18. The van der Waals surface area contributed by atoms with E-state index < -0.39 is 0 Å². The van der Waals surface area contributed by atoms with Gasteiger partial charge in [0.15, 0.2) is 5.82 Å². The van der Waals surface area contributed by atoms with Crippen molar-refractivity contribution in [2.75, 3.05) is 0 Å². The number of aryl methyl sites for hydroxylation is 1. The van der Waals surface area contributed by atoms with E-state index in [9.17, 15) is 0 Å². The molecule has 2 aromatic rings. The molecule has 4 heteroatoms. The van der Waals surface area contributed by atoms with Crippen LogP contribution in [0.4, 0.5) is 0 Å². The summed E-state index contributed by atoms with van der Waals surface area (Å²) < 4.78 is 1.68. The van der Waals surface area contributed by atoms with Gasteiger partial charge in [-0.25, -0.2) is 14.6 Å². The number of nitrogens with zero attached hydrogens (tertiary/aromatic N) is 4.